The molecule has 0 radical (unpaired) electrons. The number of amides is 1. The van der Waals surface area contributed by atoms with Crippen LogP contribution in [0.3, 0.4) is 0 Å². The molecule has 1 aliphatic rings. The Labute approximate surface area is 112 Å². The summed E-state index contributed by atoms with van der Waals surface area (Å²) in [7, 11) is -0.616. The molecule has 2 heterocycles. The first-order valence-electron chi connectivity index (χ1n) is 6.02. The van der Waals surface area contributed by atoms with Crippen LogP contribution >= 0.6 is 0 Å². The van der Waals surface area contributed by atoms with Crippen LogP contribution in [0.1, 0.15) is 27.7 Å². The zero-order valence-electron chi connectivity index (χ0n) is 11.4. The van der Waals surface area contributed by atoms with Gasteiger partial charge < -0.3 is 14.4 Å². The Hall–Kier alpha value is -1.60. The minimum absolute atomic E-state index is 0.369. The number of nitrogens with one attached hydrogen (secondary N) is 1. The van der Waals surface area contributed by atoms with E-state index in [2.05, 4.69) is 10.3 Å². The van der Waals surface area contributed by atoms with Crippen molar-refractivity contribution >= 4 is 24.4 Å². The van der Waals surface area contributed by atoms with E-state index in [-0.39, 0.29) is 0 Å². The molecule has 0 atom stereocenters. The number of carbonyl (C=O) groups is 1. The first kappa shape index (κ1) is 13.8. The third-order valence-corrected chi connectivity index (χ3v) is 3.60. The fourth-order valence-corrected chi connectivity index (χ4v) is 1.80. The molecule has 1 saturated heterocycles. The summed E-state index contributed by atoms with van der Waals surface area (Å²) in [6.07, 6.45) is 1.87. The number of pyridine rings is 1. The Morgan fingerprint density at radius 3 is 2.42 bits per heavy atom. The van der Waals surface area contributed by atoms with Crippen LogP contribution in [0.4, 0.5) is 10.5 Å². The van der Waals surface area contributed by atoms with Gasteiger partial charge in [-0.25, -0.2) is 4.79 Å². The van der Waals surface area contributed by atoms with Crippen LogP contribution in [0.5, 0.6) is 0 Å². The van der Waals surface area contributed by atoms with E-state index < -0.39 is 24.4 Å². The number of carboxylic acid groups (broad SMARTS) is 1. The first-order valence-corrected chi connectivity index (χ1v) is 6.02. The molecule has 1 aromatic rings. The molecule has 0 unspecified atom stereocenters. The predicted octanol–water partition coefficient (Wildman–Crippen LogP) is 1.47. The maximum atomic E-state index is 10.8. The molecule has 0 saturated carbocycles. The standard InChI is InChI=1S/C12H17BN2O4/c1-11(2)12(3,4)19-13(18-11)8-5-6-14-7-9(8)15-10(16)17/h5-7,15H,1-4H3,(H,16,17). The minimum Gasteiger partial charge on any atom is -0.465 e. The Morgan fingerprint density at radius 1 is 1.32 bits per heavy atom. The Kier molecular flexibility index (Phi) is 3.28. The zero-order valence-corrected chi connectivity index (χ0v) is 11.4. The van der Waals surface area contributed by atoms with Crippen LogP contribution in [0.2, 0.25) is 0 Å². The molecule has 19 heavy (non-hydrogen) atoms. The van der Waals surface area contributed by atoms with Crippen LogP contribution in [0.15, 0.2) is 18.5 Å². The summed E-state index contributed by atoms with van der Waals surface area (Å²) in [5.74, 6) is 0. The molecule has 1 aromatic heterocycles. The lowest BCUT2D eigenvalue weighted by molar-refractivity contribution is 0.00578. The SMILES string of the molecule is CC1(C)OB(c2ccncc2NC(=O)O)OC1(C)C. The van der Waals surface area contributed by atoms with Crippen LogP contribution < -0.4 is 10.8 Å². The van der Waals surface area contributed by atoms with Crippen LogP contribution in [-0.4, -0.2) is 34.5 Å². The molecule has 2 N–H and O–H groups in total. The Bertz CT molecular complexity index is 488. The summed E-state index contributed by atoms with van der Waals surface area (Å²) in [6, 6.07) is 1.69. The predicted molar refractivity (Wildman–Crippen MR) is 71.6 cm³/mol. The van der Waals surface area contributed by atoms with E-state index in [9.17, 15) is 4.79 Å². The Morgan fingerprint density at radius 2 is 1.89 bits per heavy atom. The summed E-state index contributed by atoms with van der Waals surface area (Å²) in [6.45, 7) is 7.77. The fraction of sp³-hybridized carbons (Fsp3) is 0.500. The lowest BCUT2D eigenvalue weighted by Gasteiger charge is -2.32. The van der Waals surface area contributed by atoms with Gasteiger partial charge in [-0.05, 0) is 33.8 Å². The lowest BCUT2D eigenvalue weighted by Crippen LogP contribution is -2.41. The van der Waals surface area contributed by atoms with Crippen molar-refractivity contribution in [3.8, 4) is 0 Å². The molecule has 0 aromatic carbocycles. The van der Waals surface area contributed by atoms with Gasteiger partial charge in [0, 0.05) is 11.7 Å². The highest BCUT2D eigenvalue weighted by Gasteiger charge is 2.52. The molecular formula is C12H17BN2O4. The molecule has 1 amide bonds. The van der Waals surface area contributed by atoms with Crippen molar-refractivity contribution in [2.45, 2.75) is 38.9 Å². The van der Waals surface area contributed by atoms with Gasteiger partial charge in [0.2, 0.25) is 0 Å². The van der Waals surface area contributed by atoms with Crippen molar-refractivity contribution in [1.29, 1.82) is 0 Å². The molecule has 102 valence electrons. The van der Waals surface area contributed by atoms with Gasteiger partial charge in [-0.15, -0.1) is 0 Å². The Balaban J connectivity index is 2.32. The summed E-state index contributed by atoms with van der Waals surface area (Å²) >= 11 is 0. The molecule has 7 heteroatoms. The second kappa shape index (κ2) is 4.50. The molecule has 0 aliphatic carbocycles. The van der Waals surface area contributed by atoms with E-state index in [0.717, 1.165) is 0 Å². The average Bonchev–Trinajstić information content (AvgIpc) is 2.48. The van der Waals surface area contributed by atoms with E-state index in [0.29, 0.717) is 11.2 Å². The number of rotatable bonds is 2. The van der Waals surface area contributed by atoms with Crippen molar-refractivity contribution in [2.75, 3.05) is 5.32 Å². The monoisotopic (exact) mass is 264 g/mol. The summed E-state index contributed by atoms with van der Waals surface area (Å²) < 4.78 is 11.8. The van der Waals surface area contributed by atoms with E-state index in [1.165, 1.54) is 6.20 Å². The van der Waals surface area contributed by atoms with Gasteiger partial charge in [0.25, 0.3) is 0 Å². The third-order valence-electron chi connectivity index (χ3n) is 3.60. The van der Waals surface area contributed by atoms with E-state index in [1.54, 1.807) is 12.3 Å². The van der Waals surface area contributed by atoms with E-state index in [4.69, 9.17) is 14.4 Å². The normalized spacial score (nSPS) is 20.3. The number of hydrogen-bond acceptors (Lipinski definition) is 4. The topological polar surface area (TPSA) is 80.7 Å². The summed E-state index contributed by atoms with van der Waals surface area (Å²) in [5, 5.41) is 11.1. The zero-order chi connectivity index (χ0) is 14.3. The third kappa shape index (κ3) is 2.57. The molecule has 1 fully saturated rings. The van der Waals surface area contributed by atoms with Gasteiger partial charge in [0.1, 0.15) is 0 Å². The molecule has 0 spiro atoms. The van der Waals surface area contributed by atoms with E-state index in [1.807, 2.05) is 27.7 Å². The highest BCUT2D eigenvalue weighted by atomic mass is 16.7. The largest absolute Gasteiger partial charge is 0.497 e. The smallest absolute Gasteiger partial charge is 0.465 e. The molecule has 0 bridgehead atoms. The molecule has 6 nitrogen and oxygen atoms in total. The van der Waals surface area contributed by atoms with Gasteiger partial charge in [0.05, 0.1) is 23.1 Å². The molecule has 1 aliphatic heterocycles. The summed E-state index contributed by atoms with van der Waals surface area (Å²) in [4.78, 5) is 14.7. The van der Waals surface area contributed by atoms with Crippen molar-refractivity contribution in [2.24, 2.45) is 0 Å². The minimum atomic E-state index is -1.15. The molecule has 2 rings (SSSR count). The average molecular weight is 264 g/mol. The van der Waals surface area contributed by atoms with Gasteiger partial charge >= 0.3 is 13.2 Å². The van der Waals surface area contributed by atoms with Crippen molar-refractivity contribution in [3.63, 3.8) is 0 Å². The second-order valence-corrected chi connectivity index (χ2v) is 5.48. The maximum Gasteiger partial charge on any atom is 0.497 e. The summed E-state index contributed by atoms with van der Waals surface area (Å²) in [5.41, 5.74) is 0.0487. The quantitative estimate of drug-likeness (QED) is 0.790. The van der Waals surface area contributed by atoms with Crippen LogP contribution in [0.25, 0.3) is 0 Å². The van der Waals surface area contributed by atoms with Gasteiger partial charge in [-0.2, -0.15) is 0 Å². The van der Waals surface area contributed by atoms with Crippen molar-refractivity contribution < 1.29 is 19.2 Å². The lowest BCUT2D eigenvalue weighted by atomic mass is 9.78. The van der Waals surface area contributed by atoms with Gasteiger partial charge in [-0.1, -0.05) is 0 Å². The second-order valence-electron chi connectivity index (χ2n) is 5.48. The van der Waals surface area contributed by atoms with Crippen molar-refractivity contribution in [1.82, 2.24) is 4.98 Å². The van der Waals surface area contributed by atoms with Crippen LogP contribution in [0, 0.1) is 0 Å². The van der Waals surface area contributed by atoms with E-state index >= 15 is 0 Å². The number of aromatic nitrogens is 1. The van der Waals surface area contributed by atoms with Crippen LogP contribution in [-0.2, 0) is 9.31 Å². The highest BCUT2D eigenvalue weighted by Crippen LogP contribution is 2.36. The number of nitrogens with zero attached hydrogens (tertiary/aromatic N) is 1. The van der Waals surface area contributed by atoms with Gasteiger partial charge in [-0.3, -0.25) is 10.3 Å². The fourth-order valence-electron chi connectivity index (χ4n) is 1.80. The number of anilines is 1. The van der Waals surface area contributed by atoms with Crippen molar-refractivity contribution in [3.05, 3.63) is 18.5 Å². The first-order chi connectivity index (χ1) is 8.73. The molecular weight excluding hydrogens is 247 g/mol. The van der Waals surface area contributed by atoms with Gasteiger partial charge in [0.15, 0.2) is 0 Å². The number of hydrogen-bond donors (Lipinski definition) is 2. The highest BCUT2D eigenvalue weighted by molar-refractivity contribution is 6.64. The maximum absolute atomic E-state index is 10.8.